The summed E-state index contributed by atoms with van der Waals surface area (Å²) < 4.78 is 0. The van der Waals surface area contributed by atoms with Gasteiger partial charge in [0, 0.05) is 78.4 Å². The largest absolute Gasteiger partial charge is 2.00 e. The number of aromatic nitrogens is 8. The molecule has 3 aromatic heterocycles. The van der Waals surface area contributed by atoms with E-state index in [4.69, 9.17) is 62.8 Å². The van der Waals surface area contributed by atoms with Crippen molar-refractivity contribution in [2.75, 3.05) is 22.9 Å². The summed E-state index contributed by atoms with van der Waals surface area (Å²) >= 11 is 0. The van der Waals surface area contributed by atoms with Gasteiger partial charge in [-0.3, -0.25) is 0 Å². The first-order chi connectivity index (χ1) is 21.4. The van der Waals surface area contributed by atoms with E-state index >= 15 is 0 Å². The van der Waals surface area contributed by atoms with Gasteiger partial charge in [-0.2, -0.15) is 0 Å². The maximum absolute atomic E-state index is 6.47. The second-order valence-corrected chi connectivity index (χ2v) is 10.6. The second-order valence-electron chi connectivity index (χ2n) is 10.6. The van der Waals surface area contributed by atoms with Gasteiger partial charge in [0.05, 0.1) is 23.3 Å². The molecule has 0 unspecified atom stereocenters. The van der Waals surface area contributed by atoms with Crippen molar-refractivity contribution in [1.29, 1.82) is 0 Å². The van der Waals surface area contributed by atoms with Crippen LogP contribution in [0.1, 0.15) is 0 Å². The van der Waals surface area contributed by atoms with Crippen LogP contribution in [0, 0.1) is 0 Å². The Morgan fingerprint density at radius 2 is 0.778 bits per heavy atom. The topological polar surface area (TPSA) is 210 Å². The molecule has 5 heterocycles. The molecule has 0 amide bonds. The number of nitrogens with two attached hydrogens (primary N) is 4. The van der Waals surface area contributed by atoms with Crippen molar-refractivity contribution in [2.45, 2.75) is 0 Å². The van der Waals surface area contributed by atoms with Crippen molar-refractivity contribution in [3.05, 3.63) is 72.8 Å². The zero-order valence-electron chi connectivity index (χ0n) is 23.5. The SMILES string of the molecule is Nc1cccc2c1-c1nc-2nc2[n-]c(nc3nc(nc4[n-]c(n1)c1cccc(N)c41)-c1cccc(N)c1-3)c1cccc(N)c21.[Zn+2]. The van der Waals surface area contributed by atoms with Gasteiger partial charge in [0.15, 0.2) is 0 Å². The predicted octanol–water partition coefficient (Wildman–Crippen LogP) is 4.45. The van der Waals surface area contributed by atoms with E-state index in [0.717, 1.165) is 0 Å². The van der Waals surface area contributed by atoms with E-state index in [2.05, 4.69) is 0 Å². The molecule has 4 aromatic carbocycles. The maximum atomic E-state index is 6.47. The monoisotopic (exact) mass is 636 g/mol. The van der Waals surface area contributed by atoms with Gasteiger partial charge in [-0.15, -0.1) is 0 Å². The van der Waals surface area contributed by atoms with Crippen molar-refractivity contribution >= 4 is 66.9 Å². The summed E-state index contributed by atoms with van der Waals surface area (Å²) in [5.41, 5.74) is 32.1. The molecule has 7 aromatic rings. The Balaban J connectivity index is 0.00000300. The molecule has 0 fully saturated rings. The third-order valence-corrected chi connectivity index (χ3v) is 7.94. The van der Waals surface area contributed by atoms with E-state index in [1.165, 1.54) is 0 Å². The molecule has 210 valence electrons. The summed E-state index contributed by atoms with van der Waals surface area (Å²) in [4.78, 5) is 38.9. The zero-order chi connectivity index (χ0) is 29.7. The van der Waals surface area contributed by atoms with Crippen molar-refractivity contribution in [1.82, 2.24) is 39.9 Å². The summed E-state index contributed by atoms with van der Waals surface area (Å²) in [5, 5.41) is 2.70. The Hall–Kier alpha value is -5.94. The molecule has 0 radical (unpaired) electrons. The number of benzene rings is 4. The third kappa shape index (κ3) is 3.80. The average molecular weight is 638 g/mol. The van der Waals surface area contributed by atoms with Crippen molar-refractivity contribution in [2.24, 2.45) is 0 Å². The third-order valence-electron chi connectivity index (χ3n) is 7.94. The first kappa shape index (κ1) is 26.7. The summed E-state index contributed by atoms with van der Waals surface area (Å²) in [6.45, 7) is 0. The molecule has 0 saturated heterocycles. The Labute approximate surface area is 266 Å². The Morgan fingerprint density at radius 3 is 1.22 bits per heavy atom. The van der Waals surface area contributed by atoms with Crippen molar-refractivity contribution in [3.8, 4) is 45.6 Å². The number of anilines is 4. The minimum atomic E-state index is 0. The van der Waals surface area contributed by atoms with E-state index in [1.54, 1.807) is 24.3 Å². The number of hydrogen-bond acceptors (Lipinski definition) is 10. The van der Waals surface area contributed by atoms with E-state index in [1.807, 2.05) is 48.5 Å². The van der Waals surface area contributed by atoms with Gasteiger partial charge >= 0.3 is 19.5 Å². The van der Waals surface area contributed by atoms with Crippen LogP contribution in [0.4, 0.5) is 22.7 Å². The predicted molar refractivity (Wildman–Crippen MR) is 172 cm³/mol. The molecule has 13 heteroatoms. The van der Waals surface area contributed by atoms with Gasteiger partial charge in [0.2, 0.25) is 0 Å². The average Bonchev–Trinajstić information content (AvgIpc) is 3.74. The van der Waals surface area contributed by atoms with Gasteiger partial charge in [0.25, 0.3) is 0 Å². The van der Waals surface area contributed by atoms with Gasteiger partial charge in [-0.1, -0.05) is 48.5 Å². The number of hydrogen-bond donors (Lipinski definition) is 4. The van der Waals surface area contributed by atoms with Crippen LogP contribution in [0.3, 0.4) is 0 Å². The maximum Gasteiger partial charge on any atom is 2.00 e. The summed E-state index contributed by atoms with van der Waals surface area (Å²) in [7, 11) is 0. The Morgan fingerprint density at radius 1 is 0.400 bits per heavy atom. The zero-order valence-corrected chi connectivity index (χ0v) is 26.5. The summed E-state index contributed by atoms with van der Waals surface area (Å²) in [5.74, 6) is 1.49. The van der Waals surface area contributed by atoms with Crippen LogP contribution in [0.25, 0.3) is 89.7 Å². The number of rotatable bonds is 0. The van der Waals surface area contributed by atoms with Crippen LogP contribution in [-0.4, -0.2) is 29.9 Å². The van der Waals surface area contributed by atoms with Crippen LogP contribution in [0.2, 0.25) is 0 Å². The molecule has 0 atom stereocenters. The van der Waals surface area contributed by atoms with Crippen molar-refractivity contribution in [3.63, 3.8) is 0 Å². The fourth-order valence-electron chi connectivity index (χ4n) is 5.96. The molecule has 0 aliphatic carbocycles. The standard InChI is InChI=1S/C32H20N12.Zn/c33-17-9-1-5-13-21(17)29-37-25(13)41-30-22-14(6-2-10-18(22)34)27(38-30)43-32-24-16(8-4-12-20(24)36)28(40-32)44-31-23-15(26(39-31)42-29)7-3-11-19(23)35;/h1-12H,33-36H2;/q-2;+2. The normalized spacial score (nSPS) is 11.7. The minimum absolute atomic E-state index is 0. The fourth-order valence-corrected chi connectivity index (χ4v) is 5.96. The van der Waals surface area contributed by atoms with Crippen LogP contribution >= 0.6 is 0 Å². The molecule has 8 bridgehead atoms. The van der Waals surface area contributed by atoms with Crippen molar-refractivity contribution < 1.29 is 19.5 Å². The van der Waals surface area contributed by atoms with Crippen LogP contribution in [0.5, 0.6) is 0 Å². The van der Waals surface area contributed by atoms with Gasteiger partial charge < -0.3 is 52.8 Å². The quantitative estimate of drug-likeness (QED) is 0.134. The van der Waals surface area contributed by atoms with Crippen LogP contribution in [0.15, 0.2) is 72.8 Å². The fraction of sp³-hybridized carbons (Fsp3) is 0. The van der Waals surface area contributed by atoms with Crippen LogP contribution in [-0.2, 0) is 19.5 Å². The molecule has 0 spiro atoms. The molecule has 12 nitrogen and oxygen atoms in total. The summed E-state index contributed by atoms with van der Waals surface area (Å²) in [6, 6.07) is 22.1. The van der Waals surface area contributed by atoms with E-state index < -0.39 is 0 Å². The first-order valence-electron chi connectivity index (χ1n) is 13.7. The molecular formula is C32H20N12Zn. The Bertz CT molecular complexity index is 2390. The molecule has 2 aliphatic heterocycles. The second kappa shape index (κ2) is 9.53. The van der Waals surface area contributed by atoms with Gasteiger partial charge in [-0.25, -0.2) is 9.97 Å². The van der Waals surface area contributed by atoms with Gasteiger partial charge in [-0.05, 0) is 35.0 Å². The number of nitrogens with zero attached hydrogens (tertiary/aromatic N) is 8. The van der Waals surface area contributed by atoms with E-state index in [9.17, 15) is 0 Å². The smallest absolute Gasteiger partial charge is 0.398 e. The molecule has 8 N–H and O–H groups in total. The number of nitrogen functional groups attached to an aromatic ring is 4. The van der Waals surface area contributed by atoms with Crippen LogP contribution < -0.4 is 32.9 Å². The summed E-state index contributed by atoms with van der Waals surface area (Å²) in [6.07, 6.45) is 0. The molecule has 2 aliphatic rings. The van der Waals surface area contributed by atoms with E-state index in [-0.39, 0.29) is 19.5 Å². The molecule has 0 saturated carbocycles. The van der Waals surface area contributed by atoms with E-state index in [0.29, 0.717) is 112 Å². The molecule has 9 rings (SSSR count). The van der Waals surface area contributed by atoms with Gasteiger partial charge in [0.1, 0.15) is 0 Å². The first-order valence-corrected chi connectivity index (χ1v) is 13.7. The Kier molecular flexibility index (Phi) is 5.65. The number of fused-ring (bicyclic) bond motifs is 20. The molecule has 45 heavy (non-hydrogen) atoms. The minimum Gasteiger partial charge on any atom is -0.398 e. The molecular weight excluding hydrogens is 618 g/mol.